The highest BCUT2D eigenvalue weighted by Crippen LogP contribution is 2.30. The highest BCUT2D eigenvalue weighted by atomic mass is 16.2. The molecular formula is C24H18O2. The molecule has 0 aliphatic heterocycles. The molecule has 0 amide bonds. The molecule has 0 aliphatic carbocycles. The topological polar surface area (TPSA) is 34.1 Å². The quantitative estimate of drug-likeness (QED) is 0.274. The monoisotopic (exact) mass is 338 g/mol. The third-order valence-corrected chi connectivity index (χ3v) is 4.83. The van der Waals surface area contributed by atoms with Crippen molar-refractivity contribution in [1.82, 2.24) is 0 Å². The Balaban J connectivity index is 1.97. The zero-order valence-corrected chi connectivity index (χ0v) is 14.7. The molecule has 0 heterocycles. The van der Waals surface area contributed by atoms with Gasteiger partial charge in [0.1, 0.15) is 0 Å². The molecule has 0 fully saturated rings. The van der Waals surface area contributed by atoms with Gasteiger partial charge in [-0.1, -0.05) is 72.3 Å². The van der Waals surface area contributed by atoms with Crippen LogP contribution in [-0.4, -0.2) is 11.6 Å². The van der Waals surface area contributed by atoms with Crippen LogP contribution >= 0.6 is 0 Å². The van der Waals surface area contributed by atoms with Gasteiger partial charge in [-0.15, -0.1) is 0 Å². The first kappa shape index (κ1) is 16.2. The smallest absolute Gasteiger partial charge is 0.234 e. The average Bonchev–Trinajstić information content (AvgIpc) is 2.65. The van der Waals surface area contributed by atoms with Crippen molar-refractivity contribution < 1.29 is 9.59 Å². The van der Waals surface area contributed by atoms with Crippen molar-refractivity contribution in [1.29, 1.82) is 0 Å². The van der Waals surface area contributed by atoms with E-state index in [9.17, 15) is 9.59 Å². The van der Waals surface area contributed by atoms with Gasteiger partial charge in [-0.25, -0.2) is 0 Å². The Morgan fingerprint density at radius 3 is 1.81 bits per heavy atom. The molecule has 0 atom stereocenters. The van der Waals surface area contributed by atoms with E-state index in [-0.39, 0.29) is 0 Å². The largest absolute Gasteiger partial charge is 0.285 e. The summed E-state index contributed by atoms with van der Waals surface area (Å²) in [7, 11) is 0. The van der Waals surface area contributed by atoms with E-state index in [1.54, 1.807) is 6.07 Å². The van der Waals surface area contributed by atoms with E-state index >= 15 is 0 Å². The Morgan fingerprint density at radius 2 is 1.23 bits per heavy atom. The summed E-state index contributed by atoms with van der Waals surface area (Å²) in [6.07, 6.45) is 0. The van der Waals surface area contributed by atoms with Crippen LogP contribution in [0.2, 0.25) is 0 Å². The van der Waals surface area contributed by atoms with Crippen LogP contribution in [0.15, 0.2) is 72.8 Å². The molecule has 4 aromatic rings. The SMILES string of the molecule is Cc1ccc(C(=O)C(=O)c2c3ccccc3cc3ccccc23)c(C)c1. The van der Waals surface area contributed by atoms with Crippen LogP contribution in [0, 0.1) is 13.8 Å². The van der Waals surface area contributed by atoms with Gasteiger partial charge >= 0.3 is 0 Å². The van der Waals surface area contributed by atoms with E-state index in [2.05, 4.69) is 6.07 Å². The fourth-order valence-corrected chi connectivity index (χ4v) is 3.56. The van der Waals surface area contributed by atoms with E-state index in [4.69, 9.17) is 0 Å². The summed E-state index contributed by atoms with van der Waals surface area (Å²) in [5.41, 5.74) is 2.86. The molecule has 0 N–H and O–H groups in total. The third kappa shape index (κ3) is 2.60. The first-order valence-corrected chi connectivity index (χ1v) is 8.63. The Bertz CT molecular complexity index is 1130. The van der Waals surface area contributed by atoms with Crippen LogP contribution in [0.5, 0.6) is 0 Å². The average molecular weight is 338 g/mol. The molecule has 26 heavy (non-hydrogen) atoms. The van der Waals surface area contributed by atoms with Gasteiger partial charge in [-0.2, -0.15) is 0 Å². The maximum atomic E-state index is 13.3. The lowest BCUT2D eigenvalue weighted by molar-refractivity contribution is 0.0818. The molecule has 0 saturated heterocycles. The number of hydrogen-bond acceptors (Lipinski definition) is 2. The van der Waals surface area contributed by atoms with Crippen LogP contribution < -0.4 is 0 Å². The van der Waals surface area contributed by atoms with E-state index < -0.39 is 11.6 Å². The summed E-state index contributed by atoms with van der Waals surface area (Å²) in [5, 5.41) is 3.55. The van der Waals surface area contributed by atoms with E-state index in [0.717, 1.165) is 32.7 Å². The molecule has 0 aliphatic rings. The molecule has 2 nitrogen and oxygen atoms in total. The number of fused-ring (bicyclic) bond motifs is 2. The number of ketones is 2. The van der Waals surface area contributed by atoms with Gasteiger partial charge < -0.3 is 0 Å². The summed E-state index contributed by atoms with van der Waals surface area (Å²) >= 11 is 0. The maximum absolute atomic E-state index is 13.3. The number of hydrogen-bond donors (Lipinski definition) is 0. The van der Waals surface area contributed by atoms with Crippen LogP contribution in [0.3, 0.4) is 0 Å². The third-order valence-electron chi connectivity index (χ3n) is 4.83. The highest BCUT2D eigenvalue weighted by Gasteiger charge is 2.24. The molecule has 2 heteroatoms. The van der Waals surface area contributed by atoms with Gasteiger partial charge in [-0.05, 0) is 47.0 Å². The van der Waals surface area contributed by atoms with Gasteiger partial charge in [0.2, 0.25) is 11.6 Å². The number of rotatable bonds is 3. The normalized spacial score (nSPS) is 11.0. The molecule has 0 radical (unpaired) electrons. The number of aryl methyl sites for hydroxylation is 2. The number of benzene rings is 4. The molecule has 126 valence electrons. The second-order valence-electron chi connectivity index (χ2n) is 6.67. The molecule has 0 bridgehead atoms. The number of carbonyl (C=O) groups is 2. The lowest BCUT2D eigenvalue weighted by atomic mass is 9.90. The minimum Gasteiger partial charge on any atom is -0.285 e. The molecule has 0 unspecified atom stereocenters. The van der Waals surface area contributed by atoms with Crippen molar-refractivity contribution in [2.45, 2.75) is 13.8 Å². The van der Waals surface area contributed by atoms with Gasteiger partial charge in [0.15, 0.2) is 0 Å². The Morgan fingerprint density at radius 1 is 0.654 bits per heavy atom. The van der Waals surface area contributed by atoms with Crippen LogP contribution in [0.1, 0.15) is 31.8 Å². The summed E-state index contributed by atoms with van der Waals surface area (Å²) in [4.78, 5) is 26.3. The second-order valence-corrected chi connectivity index (χ2v) is 6.67. The van der Waals surface area contributed by atoms with Gasteiger partial charge in [-0.3, -0.25) is 9.59 Å². The van der Waals surface area contributed by atoms with E-state index in [0.29, 0.717) is 11.1 Å². The Hall–Kier alpha value is -3.26. The van der Waals surface area contributed by atoms with Crippen molar-refractivity contribution in [3.8, 4) is 0 Å². The summed E-state index contributed by atoms with van der Waals surface area (Å²) < 4.78 is 0. The number of carbonyl (C=O) groups excluding carboxylic acids is 2. The van der Waals surface area contributed by atoms with Crippen molar-refractivity contribution >= 4 is 33.1 Å². The minimum atomic E-state index is -0.455. The number of Topliss-reactive ketones (excluding diaryl/α,β-unsaturated/α-hetero) is 2. The van der Waals surface area contributed by atoms with Crippen LogP contribution in [-0.2, 0) is 0 Å². The van der Waals surface area contributed by atoms with Gasteiger partial charge in [0, 0.05) is 11.1 Å². The van der Waals surface area contributed by atoms with Gasteiger partial charge in [0.25, 0.3) is 0 Å². The second kappa shape index (κ2) is 6.23. The first-order valence-electron chi connectivity index (χ1n) is 8.63. The molecule has 4 rings (SSSR count). The predicted molar refractivity (Wildman–Crippen MR) is 106 cm³/mol. The zero-order chi connectivity index (χ0) is 18.3. The predicted octanol–water partition coefficient (Wildman–Crippen LogP) is 5.68. The fraction of sp³-hybridized carbons (Fsp3) is 0.0833. The lowest BCUT2D eigenvalue weighted by Crippen LogP contribution is -2.16. The molecule has 0 saturated carbocycles. The Kier molecular flexibility index (Phi) is 3.89. The maximum Gasteiger partial charge on any atom is 0.234 e. The van der Waals surface area contributed by atoms with Crippen molar-refractivity contribution in [3.05, 3.63) is 95.1 Å². The molecule has 4 aromatic carbocycles. The minimum absolute atomic E-state index is 0.454. The summed E-state index contributed by atoms with van der Waals surface area (Å²) in [6, 6.07) is 23.0. The van der Waals surface area contributed by atoms with Gasteiger partial charge in [0.05, 0.1) is 0 Å². The standard InChI is InChI=1S/C24H18O2/c1-15-11-12-19(16(2)13-15)23(25)24(26)22-20-9-5-3-7-17(20)14-18-8-4-6-10-21(18)22/h3-14H,1-2H3. The fourth-order valence-electron chi connectivity index (χ4n) is 3.56. The first-order chi connectivity index (χ1) is 12.6. The van der Waals surface area contributed by atoms with Crippen molar-refractivity contribution in [3.63, 3.8) is 0 Å². The lowest BCUT2D eigenvalue weighted by Gasteiger charge is -2.11. The Labute approximate surface area is 152 Å². The van der Waals surface area contributed by atoms with Crippen LogP contribution in [0.4, 0.5) is 0 Å². The van der Waals surface area contributed by atoms with Crippen LogP contribution in [0.25, 0.3) is 21.5 Å². The van der Waals surface area contributed by atoms with E-state index in [1.165, 1.54) is 0 Å². The van der Waals surface area contributed by atoms with E-state index in [1.807, 2.05) is 74.5 Å². The summed E-state index contributed by atoms with van der Waals surface area (Å²) in [5.74, 6) is -0.908. The molecular weight excluding hydrogens is 320 g/mol. The zero-order valence-electron chi connectivity index (χ0n) is 14.7. The summed E-state index contributed by atoms with van der Waals surface area (Å²) in [6.45, 7) is 3.84. The molecule has 0 spiro atoms. The van der Waals surface area contributed by atoms with Crippen molar-refractivity contribution in [2.24, 2.45) is 0 Å². The van der Waals surface area contributed by atoms with Crippen molar-refractivity contribution in [2.75, 3.05) is 0 Å². The highest BCUT2D eigenvalue weighted by molar-refractivity contribution is 6.53. The molecule has 0 aromatic heterocycles.